The average Bonchev–Trinajstić information content (AvgIpc) is 3.31. The van der Waals surface area contributed by atoms with E-state index in [1.807, 2.05) is 0 Å². The zero-order valence-electron chi connectivity index (χ0n) is 38.1. The van der Waals surface area contributed by atoms with Crippen LogP contribution in [0.3, 0.4) is 0 Å². The normalized spacial score (nSPS) is 45.0. The van der Waals surface area contributed by atoms with E-state index in [9.17, 15) is 101 Å². The molecule has 410 valence electrons. The minimum absolute atomic E-state index is 0.745. The van der Waals surface area contributed by atoms with Crippen molar-refractivity contribution >= 4 is 23.7 Å². The summed E-state index contributed by atoms with van der Waals surface area (Å²) in [6, 6.07) is -5.06. The number of carboxylic acid groups (broad SMARTS) is 1. The molecule has 5 aliphatic rings. The van der Waals surface area contributed by atoms with Gasteiger partial charge in [-0.15, -0.1) is 0 Å². The van der Waals surface area contributed by atoms with Crippen LogP contribution in [-0.2, 0) is 61.8 Å². The summed E-state index contributed by atoms with van der Waals surface area (Å²) < 4.78 is 51.0. The van der Waals surface area contributed by atoms with E-state index >= 15 is 0 Å². The molecule has 5 saturated heterocycles. The number of carbonyl (C=O) groups is 4. The van der Waals surface area contributed by atoms with Crippen molar-refractivity contribution < 1.29 is 144 Å². The summed E-state index contributed by atoms with van der Waals surface area (Å²) >= 11 is 0. The molecule has 0 unspecified atom stereocenters. The Kier molecular flexibility index (Phi) is 20.7. The Morgan fingerprint density at radius 3 is 1.49 bits per heavy atom. The fourth-order valence-corrected chi connectivity index (χ4v) is 8.94. The molecule has 19 N–H and O–H groups in total. The number of carboxylic acids is 1. The van der Waals surface area contributed by atoms with Gasteiger partial charge < -0.3 is 140 Å². The highest BCUT2D eigenvalue weighted by Crippen LogP contribution is 2.39. The molecule has 0 aromatic carbocycles. The van der Waals surface area contributed by atoms with E-state index in [-0.39, 0.29) is 0 Å². The first kappa shape index (κ1) is 58.8. The Hall–Kier alpha value is -3.08. The maximum atomic E-state index is 13.0. The molecule has 32 heteroatoms. The highest BCUT2D eigenvalue weighted by atomic mass is 16.8. The minimum atomic E-state index is -3.18. The van der Waals surface area contributed by atoms with E-state index in [0.29, 0.717) is 0 Å². The molecule has 0 aromatic rings. The number of amides is 3. The van der Waals surface area contributed by atoms with Gasteiger partial charge >= 0.3 is 5.97 Å². The zero-order valence-corrected chi connectivity index (χ0v) is 38.1. The van der Waals surface area contributed by atoms with Crippen LogP contribution in [0.4, 0.5) is 0 Å². The smallest absolute Gasteiger partial charge is 0.364 e. The average molecular weight is 1040 g/mol. The molecule has 71 heavy (non-hydrogen) atoms. The van der Waals surface area contributed by atoms with Crippen LogP contribution in [0.25, 0.3) is 0 Å². The molecule has 5 heterocycles. The molecule has 5 fully saturated rings. The van der Waals surface area contributed by atoms with Crippen molar-refractivity contribution in [3.05, 3.63) is 0 Å². The van der Waals surface area contributed by atoms with Crippen LogP contribution in [0.15, 0.2) is 0 Å². The molecule has 0 aromatic heterocycles. The largest absolute Gasteiger partial charge is 0.477 e. The van der Waals surface area contributed by atoms with Gasteiger partial charge in [0.1, 0.15) is 116 Å². The lowest BCUT2D eigenvalue weighted by atomic mass is 9.88. The first-order valence-electron chi connectivity index (χ1n) is 22.2. The second-order valence-corrected chi connectivity index (χ2v) is 17.6. The third kappa shape index (κ3) is 12.9. The highest BCUT2D eigenvalue weighted by Gasteiger charge is 2.61. The summed E-state index contributed by atoms with van der Waals surface area (Å²) in [6.07, 6.45) is -45.1. The molecule has 3 amide bonds. The molecular weight excluding hydrogens is 974 g/mol. The van der Waals surface area contributed by atoms with E-state index < -0.39 is 222 Å². The Labute approximate surface area is 402 Å². The Morgan fingerprint density at radius 2 is 0.986 bits per heavy atom. The van der Waals surface area contributed by atoms with Crippen LogP contribution in [0, 0.1) is 0 Å². The predicted molar refractivity (Wildman–Crippen MR) is 219 cm³/mol. The van der Waals surface area contributed by atoms with Crippen molar-refractivity contribution in [2.24, 2.45) is 0 Å². The lowest BCUT2D eigenvalue weighted by Crippen LogP contribution is -2.71. The quantitative estimate of drug-likeness (QED) is 0.0571. The number of ether oxygens (including phenoxy) is 9. The third-order valence-corrected chi connectivity index (χ3v) is 12.5. The number of aliphatic carboxylic acids is 1. The topological polar surface area (TPSA) is 511 Å². The van der Waals surface area contributed by atoms with Gasteiger partial charge in [-0.2, -0.15) is 0 Å². The van der Waals surface area contributed by atoms with Gasteiger partial charge in [0.15, 0.2) is 25.2 Å². The maximum Gasteiger partial charge on any atom is 0.364 e. The number of hydrogen-bond donors (Lipinski definition) is 19. The number of aliphatic hydroxyl groups excluding tert-OH is 15. The second-order valence-electron chi connectivity index (χ2n) is 17.6. The summed E-state index contributed by atoms with van der Waals surface area (Å²) in [5, 5.41) is 179. The Morgan fingerprint density at radius 1 is 0.549 bits per heavy atom. The molecule has 0 bridgehead atoms. The molecule has 0 radical (unpaired) electrons. The second kappa shape index (κ2) is 25.0. The SMILES string of the molecule is CC(=O)N[C@@H]1[C@@H](O[C@@H]2O[C@H](CO)[C@H](O)[C@H](O[C@@H]3O[C@H](CO)[C@@H](O[C@@H]4O[C@H](CO)[C@H](O)[C@H](O[C@]5(C(=O)O)C[C@H](O)[C@@H](NC(C)=O)[C@H]([C@H](O)[C@H](O)CO)O5)[C@H]4O)[C@H](O)[C@H]3NC(C)=O)[C@H]2O)[C@H](O)[C@@H](CO)O[C@@H]1O. The zero-order chi connectivity index (χ0) is 53.0. The van der Waals surface area contributed by atoms with Crippen molar-refractivity contribution in [2.75, 3.05) is 33.0 Å². The number of hydrogen-bond acceptors (Lipinski definition) is 28. The standard InChI is InChI=1S/C39H65N3O29/c1-10(48)40-19-13(51)4-39(38(61)62,70-31(19)22(53)14(52)5-43)71-33-25(56)17(8-46)65-37(28(33)59)67-29-18(9-47)66-35(20(26(29)57)41-11(2)49)69-32-24(55)16(7-45)64-36(27(32)58)68-30-21(42-12(3)50)34(60)63-15(6-44)23(30)54/h13-37,43-47,51-60H,4-9H2,1-3H3,(H,40,48)(H,41,49)(H,42,50)(H,61,62)/t13-,14+,15+,16+,17+,18+,19+,20+,21+,22+,23+,24-,25-,26+,27+,28+,29+,30+,31+,32-,33-,34-,35-,36-,37-,39-/m0/s1. The van der Waals surface area contributed by atoms with Crippen LogP contribution in [-0.4, -0.2) is 297 Å². The molecule has 5 rings (SSSR count). The van der Waals surface area contributed by atoms with E-state index in [4.69, 9.17) is 42.6 Å². The van der Waals surface area contributed by atoms with E-state index in [1.165, 1.54) is 0 Å². The lowest BCUT2D eigenvalue weighted by Gasteiger charge is -2.51. The Bertz CT molecular complexity index is 1780. The number of aliphatic hydroxyl groups is 15. The van der Waals surface area contributed by atoms with Crippen LogP contribution in [0.2, 0.25) is 0 Å². The summed E-state index contributed by atoms with van der Waals surface area (Å²) in [4.78, 5) is 49.5. The molecular formula is C39H65N3O29. The van der Waals surface area contributed by atoms with Gasteiger partial charge in [0.25, 0.3) is 5.79 Å². The molecule has 5 aliphatic heterocycles. The summed E-state index contributed by atoms with van der Waals surface area (Å²) in [6.45, 7) is -2.18. The van der Waals surface area contributed by atoms with Gasteiger partial charge in [-0.25, -0.2) is 4.79 Å². The van der Waals surface area contributed by atoms with Gasteiger partial charge in [-0.3, -0.25) is 14.4 Å². The highest BCUT2D eigenvalue weighted by molar-refractivity contribution is 5.77. The van der Waals surface area contributed by atoms with Crippen molar-refractivity contribution in [3.8, 4) is 0 Å². The first-order valence-corrected chi connectivity index (χ1v) is 22.2. The predicted octanol–water partition coefficient (Wildman–Crippen LogP) is -12.3. The van der Waals surface area contributed by atoms with Crippen LogP contribution in [0.1, 0.15) is 27.2 Å². The first-order chi connectivity index (χ1) is 33.4. The number of rotatable bonds is 19. The fourth-order valence-electron chi connectivity index (χ4n) is 8.94. The molecule has 0 aliphatic carbocycles. The molecule has 0 spiro atoms. The van der Waals surface area contributed by atoms with Crippen molar-refractivity contribution in [2.45, 2.75) is 186 Å². The number of nitrogens with one attached hydrogen (secondary N) is 3. The van der Waals surface area contributed by atoms with Gasteiger partial charge in [0.05, 0.1) is 45.2 Å². The van der Waals surface area contributed by atoms with Gasteiger partial charge in [0.2, 0.25) is 17.7 Å². The number of carbonyl (C=O) groups excluding carboxylic acids is 3. The van der Waals surface area contributed by atoms with Crippen molar-refractivity contribution in [3.63, 3.8) is 0 Å². The minimum Gasteiger partial charge on any atom is -0.477 e. The van der Waals surface area contributed by atoms with Crippen LogP contribution < -0.4 is 16.0 Å². The van der Waals surface area contributed by atoms with Gasteiger partial charge in [-0.1, -0.05) is 0 Å². The van der Waals surface area contributed by atoms with E-state index in [0.717, 1.165) is 20.8 Å². The summed E-state index contributed by atoms with van der Waals surface area (Å²) in [5.41, 5.74) is 0. The fraction of sp³-hybridized carbons (Fsp3) is 0.897. The van der Waals surface area contributed by atoms with Crippen LogP contribution in [0.5, 0.6) is 0 Å². The van der Waals surface area contributed by atoms with Gasteiger partial charge in [0, 0.05) is 27.2 Å². The third-order valence-electron chi connectivity index (χ3n) is 12.5. The van der Waals surface area contributed by atoms with Crippen molar-refractivity contribution in [1.29, 1.82) is 0 Å². The summed E-state index contributed by atoms with van der Waals surface area (Å²) in [5.74, 6) is -7.69. The van der Waals surface area contributed by atoms with Crippen molar-refractivity contribution in [1.82, 2.24) is 16.0 Å². The lowest BCUT2D eigenvalue weighted by molar-refractivity contribution is -0.389. The molecule has 26 atom stereocenters. The molecule has 32 nitrogen and oxygen atoms in total. The van der Waals surface area contributed by atoms with Gasteiger partial charge in [-0.05, 0) is 0 Å². The van der Waals surface area contributed by atoms with E-state index in [2.05, 4.69) is 16.0 Å². The van der Waals surface area contributed by atoms with Crippen LogP contribution >= 0.6 is 0 Å². The molecule has 0 saturated carbocycles. The maximum absolute atomic E-state index is 13.0. The van der Waals surface area contributed by atoms with E-state index in [1.54, 1.807) is 0 Å². The Balaban J connectivity index is 1.41. The monoisotopic (exact) mass is 1040 g/mol. The summed E-state index contributed by atoms with van der Waals surface area (Å²) in [7, 11) is 0.